The second-order valence-electron chi connectivity index (χ2n) is 19.9. The monoisotopic (exact) mass is 977 g/mol. The van der Waals surface area contributed by atoms with Crippen LogP contribution in [0.1, 0.15) is 297 Å². The van der Waals surface area contributed by atoms with E-state index in [1.54, 1.807) is 0 Å². The Balaban J connectivity index is 4.04. The van der Waals surface area contributed by atoms with Crippen LogP contribution in [0.15, 0.2) is 72.9 Å². The molecule has 0 aliphatic rings. The Kier molecular flexibility index (Phi) is 55.8. The van der Waals surface area contributed by atoms with Crippen LogP contribution in [-0.2, 0) is 28.6 Å². The maximum Gasteiger partial charge on any atom is 0.306 e. The number of ether oxygens (including phenoxy) is 3. The molecule has 0 N–H and O–H groups in total. The number of carbonyl (C=O) groups excluding carboxylic acids is 3. The Morgan fingerprint density at radius 2 is 0.557 bits per heavy atom. The molecule has 0 aliphatic carbocycles. The van der Waals surface area contributed by atoms with E-state index in [0.717, 1.165) is 96.3 Å². The second-order valence-corrected chi connectivity index (χ2v) is 19.9. The van der Waals surface area contributed by atoms with Gasteiger partial charge >= 0.3 is 17.9 Å². The summed E-state index contributed by atoms with van der Waals surface area (Å²) in [5.41, 5.74) is 0. The van der Waals surface area contributed by atoms with Crippen molar-refractivity contribution in [2.75, 3.05) is 13.2 Å². The molecule has 1 atom stereocenters. The lowest BCUT2D eigenvalue weighted by Gasteiger charge is -2.18. The fourth-order valence-electron chi connectivity index (χ4n) is 8.47. The molecule has 404 valence electrons. The lowest BCUT2D eigenvalue weighted by molar-refractivity contribution is -0.167. The molecule has 0 bridgehead atoms. The van der Waals surface area contributed by atoms with E-state index in [4.69, 9.17) is 14.2 Å². The summed E-state index contributed by atoms with van der Waals surface area (Å²) >= 11 is 0. The highest BCUT2D eigenvalue weighted by Crippen LogP contribution is 2.16. The molecule has 0 saturated heterocycles. The molecule has 0 radical (unpaired) electrons. The Hall–Kier alpha value is -3.15. The lowest BCUT2D eigenvalue weighted by Crippen LogP contribution is -2.30. The van der Waals surface area contributed by atoms with Crippen molar-refractivity contribution < 1.29 is 28.6 Å². The second kappa shape index (κ2) is 58.4. The lowest BCUT2D eigenvalue weighted by atomic mass is 10.0. The molecule has 0 rings (SSSR count). The van der Waals surface area contributed by atoms with Gasteiger partial charge in [0.1, 0.15) is 13.2 Å². The average molecular weight is 978 g/mol. The topological polar surface area (TPSA) is 78.9 Å². The highest BCUT2D eigenvalue weighted by molar-refractivity contribution is 5.71. The Bertz CT molecular complexity index is 1310. The average Bonchev–Trinajstić information content (AvgIpc) is 3.36. The number of esters is 3. The molecule has 6 heteroatoms. The highest BCUT2D eigenvalue weighted by atomic mass is 16.6. The van der Waals surface area contributed by atoms with E-state index >= 15 is 0 Å². The van der Waals surface area contributed by atoms with E-state index in [1.165, 1.54) is 161 Å². The van der Waals surface area contributed by atoms with Crippen LogP contribution in [0.5, 0.6) is 0 Å². The maximum atomic E-state index is 12.8. The van der Waals surface area contributed by atoms with E-state index in [1.807, 2.05) is 0 Å². The van der Waals surface area contributed by atoms with Crippen molar-refractivity contribution in [2.45, 2.75) is 303 Å². The molecule has 0 saturated carbocycles. The van der Waals surface area contributed by atoms with Gasteiger partial charge in [0, 0.05) is 19.3 Å². The summed E-state index contributed by atoms with van der Waals surface area (Å²) in [6.45, 7) is 6.49. The van der Waals surface area contributed by atoms with Crippen LogP contribution in [0.2, 0.25) is 0 Å². The standard InChI is InChI=1S/C64H112O6/c1-4-7-10-13-16-18-20-22-24-25-26-27-28-29-30-31-32-33-34-35-36-37-38-39-40-42-43-45-48-51-54-57-63(66)69-60-61(59-68-62(65)56-53-50-47-15-12-9-6-3)70-64(67)58-55-52-49-46-44-41-23-21-19-17-14-11-8-5-2/h7,10,16,18,21-24,26-27,29-30,61H,4-6,8-9,11-15,17,19-20,25,28,31-60H2,1-3H3/b10-7-,18-16-,23-21-,24-22-,27-26-,30-29-. The molecule has 0 aliphatic heterocycles. The third-order valence-electron chi connectivity index (χ3n) is 12.9. The summed E-state index contributed by atoms with van der Waals surface area (Å²) in [4.78, 5) is 37.9. The van der Waals surface area contributed by atoms with Gasteiger partial charge in [0.15, 0.2) is 6.10 Å². The summed E-state index contributed by atoms with van der Waals surface area (Å²) in [5.74, 6) is -0.882. The summed E-state index contributed by atoms with van der Waals surface area (Å²) in [6, 6.07) is 0. The van der Waals surface area contributed by atoms with Crippen LogP contribution >= 0.6 is 0 Å². The largest absolute Gasteiger partial charge is 0.462 e. The molecule has 0 amide bonds. The van der Waals surface area contributed by atoms with Crippen molar-refractivity contribution in [2.24, 2.45) is 0 Å². The van der Waals surface area contributed by atoms with Crippen molar-refractivity contribution in [1.29, 1.82) is 0 Å². The van der Waals surface area contributed by atoms with Gasteiger partial charge in [-0.1, -0.05) is 261 Å². The van der Waals surface area contributed by atoms with Gasteiger partial charge in [-0.2, -0.15) is 0 Å². The highest BCUT2D eigenvalue weighted by Gasteiger charge is 2.19. The minimum atomic E-state index is -0.774. The molecule has 0 fully saturated rings. The van der Waals surface area contributed by atoms with Crippen LogP contribution < -0.4 is 0 Å². The Morgan fingerprint density at radius 3 is 0.886 bits per heavy atom. The fraction of sp³-hybridized carbons (Fsp3) is 0.766. The van der Waals surface area contributed by atoms with Crippen molar-refractivity contribution in [3.05, 3.63) is 72.9 Å². The fourth-order valence-corrected chi connectivity index (χ4v) is 8.47. The zero-order valence-corrected chi connectivity index (χ0v) is 46.3. The van der Waals surface area contributed by atoms with Crippen molar-refractivity contribution in [3.63, 3.8) is 0 Å². The number of rotatable bonds is 54. The Morgan fingerprint density at radius 1 is 0.300 bits per heavy atom. The van der Waals surface area contributed by atoms with Gasteiger partial charge in [-0.05, 0) is 89.9 Å². The molecule has 0 aromatic carbocycles. The Labute approximate surface area is 433 Å². The van der Waals surface area contributed by atoms with Crippen LogP contribution in [0.3, 0.4) is 0 Å². The van der Waals surface area contributed by atoms with Crippen LogP contribution in [0.4, 0.5) is 0 Å². The first-order chi connectivity index (χ1) is 34.5. The quantitative estimate of drug-likeness (QED) is 0.0261. The van der Waals surface area contributed by atoms with E-state index in [2.05, 4.69) is 93.7 Å². The minimum Gasteiger partial charge on any atom is -0.462 e. The zero-order valence-electron chi connectivity index (χ0n) is 46.3. The van der Waals surface area contributed by atoms with Gasteiger partial charge < -0.3 is 14.2 Å². The first-order valence-corrected chi connectivity index (χ1v) is 29.9. The number of carbonyl (C=O) groups is 3. The summed E-state index contributed by atoms with van der Waals surface area (Å²) in [6.07, 6.45) is 75.0. The van der Waals surface area contributed by atoms with Gasteiger partial charge in [0.05, 0.1) is 0 Å². The molecule has 0 spiro atoms. The summed E-state index contributed by atoms with van der Waals surface area (Å²) < 4.78 is 16.8. The molecular formula is C64H112O6. The van der Waals surface area contributed by atoms with Crippen LogP contribution in [0, 0.1) is 0 Å². The first-order valence-electron chi connectivity index (χ1n) is 29.9. The van der Waals surface area contributed by atoms with Gasteiger partial charge in [-0.25, -0.2) is 0 Å². The number of hydrogen-bond donors (Lipinski definition) is 0. The number of allylic oxidation sites excluding steroid dienone is 12. The van der Waals surface area contributed by atoms with Crippen molar-refractivity contribution in [3.8, 4) is 0 Å². The molecule has 1 unspecified atom stereocenters. The van der Waals surface area contributed by atoms with E-state index in [9.17, 15) is 14.4 Å². The molecule has 0 aromatic heterocycles. The molecule has 70 heavy (non-hydrogen) atoms. The smallest absolute Gasteiger partial charge is 0.306 e. The van der Waals surface area contributed by atoms with E-state index in [-0.39, 0.29) is 31.1 Å². The van der Waals surface area contributed by atoms with Gasteiger partial charge in [0.2, 0.25) is 0 Å². The van der Waals surface area contributed by atoms with Gasteiger partial charge in [0.25, 0.3) is 0 Å². The SMILES string of the molecule is CC/C=C\C/C=C\C/C=C\C/C=C\C/C=C\CCCCCCCCCCCCCCCCCC(=O)OCC(COC(=O)CCCCCCCCC)OC(=O)CCCCCCC/C=C\CCCCCCC. The van der Waals surface area contributed by atoms with E-state index < -0.39 is 6.10 Å². The minimum absolute atomic E-state index is 0.0753. The van der Waals surface area contributed by atoms with Crippen LogP contribution in [-0.4, -0.2) is 37.2 Å². The normalized spacial score (nSPS) is 12.6. The predicted molar refractivity (Wildman–Crippen MR) is 302 cm³/mol. The van der Waals surface area contributed by atoms with Crippen LogP contribution in [0.25, 0.3) is 0 Å². The summed E-state index contributed by atoms with van der Waals surface area (Å²) in [5, 5.41) is 0. The van der Waals surface area contributed by atoms with E-state index in [0.29, 0.717) is 19.3 Å². The molecule has 6 nitrogen and oxygen atoms in total. The maximum absolute atomic E-state index is 12.8. The first kappa shape index (κ1) is 66.9. The van der Waals surface area contributed by atoms with Gasteiger partial charge in [-0.3, -0.25) is 14.4 Å². The molecule has 0 heterocycles. The van der Waals surface area contributed by atoms with Crippen molar-refractivity contribution >= 4 is 17.9 Å². The van der Waals surface area contributed by atoms with Gasteiger partial charge in [-0.15, -0.1) is 0 Å². The summed E-state index contributed by atoms with van der Waals surface area (Å²) in [7, 11) is 0. The third kappa shape index (κ3) is 55.8. The number of unbranched alkanes of at least 4 members (excludes halogenated alkanes) is 31. The molecular weight excluding hydrogens is 865 g/mol. The zero-order chi connectivity index (χ0) is 50.7. The predicted octanol–water partition coefficient (Wildman–Crippen LogP) is 20.2. The van der Waals surface area contributed by atoms with Crippen molar-refractivity contribution in [1.82, 2.24) is 0 Å². The molecule has 0 aromatic rings. The number of hydrogen-bond acceptors (Lipinski definition) is 6. The third-order valence-corrected chi connectivity index (χ3v) is 12.9.